The number of anilines is 1. The van der Waals surface area contributed by atoms with Gasteiger partial charge in [-0.1, -0.05) is 17.4 Å². The van der Waals surface area contributed by atoms with Gasteiger partial charge in [-0.15, -0.1) is 0 Å². The molecule has 0 aliphatic rings. The first-order valence-corrected chi connectivity index (χ1v) is 5.81. The second-order valence-corrected chi connectivity index (χ2v) is 4.80. The Hall–Kier alpha value is -1.46. The third-order valence-electron chi connectivity index (χ3n) is 2.19. The second kappa shape index (κ2) is 4.19. The Bertz CT molecular complexity index is 533. The molecule has 3 N–H and O–H groups in total. The van der Waals surface area contributed by atoms with E-state index < -0.39 is 6.04 Å². The molecule has 1 amide bonds. The molecule has 4 nitrogen and oxygen atoms in total. The summed E-state index contributed by atoms with van der Waals surface area (Å²) in [6, 6.07) is 5.48. The largest absolute Gasteiger partial charge is 0.320 e. The number of aromatic nitrogens is 1. The van der Waals surface area contributed by atoms with Gasteiger partial charge < -0.3 is 11.1 Å². The summed E-state index contributed by atoms with van der Waals surface area (Å²) in [5, 5.41) is 3.29. The van der Waals surface area contributed by atoms with Gasteiger partial charge in [0.15, 0.2) is 5.13 Å². The van der Waals surface area contributed by atoms with Gasteiger partial charge in [-0.05, 0) is 31.5 Å². The van der Waals surface area contributed by atoms with Crippen LogP contribution in [0.2, 0.25) is 0 Å². The van der Waals surface area contributed by atoms with E-state index in [4.69, 9.17) is 5.73 Å². The normalized spacial score (nSPS) is 12.7. The van der Waals surface area contributed by atoms with Crippen LogP contribution in [-0.4, -0.2) is 16.9 Å². The van der Waals surface area contributed by atoms with Crippen LogP contribution >= 0.6 is 11.3 Å². The van der Waals surface area contributed by atoms with E-state index >= 15 is 0 Å². The van der Waals surface area contributed by atoms with Crippen LogP contribution in [0.4, 0.5) is 5.13 Å². The summed E-state index contributed by atoms with van der Waals surface area (Å²) in [4.78, 5) is 15.7. The van der Waals surface area contributed by atoms with Gasteiger partial charge >= 0.3 is 0 Å². The molecule has 0 radical (unpaired) electrons. The molecule has 0 unspecified atom stereocenters. The maximum absolute atomic E-state index is 11.4. The SMILES string of the molecule is Cc1ccc2nc(NC(=O)[C@H](C)N)sc2c1. The van der Waals surface area contributed by atoms with E-state index in [0.29, 0.717) is 5.13 Å². The number of amides is 1. The van der Waals surface area contributed by atoms with Crippen LogP contribution in [0.5, 0.6) is 0 Å². The molecular weight excluding hydrogens is 222 g/mol. The Morgan fingerprint density at radius 2 is 2.31 bits per heavy atom. The molecule has 16 heavy (non-hydrogen) atoms. The van der Waals surface area contributed by atoms with Crippen LogP contribution in [0.25, 0.3) is 10.2 Å². The van der Waals surface area contributed by atoms with Crippen LogP contribution in [-0.2, 0) is 4.79 Å². The standard InChI is InChI=1S/C11H13N3OS/c1-6-3-4-8-9(5-6)16-11(13-8)14-10(15)7(2)12/h3-5,7H,12H2,1-2H3,(H,13,14,15)/t7-/m0/s1. The predicted octanol–water partition coefficient (Wildman–Crippen LogP) is 1.89. The summed E-state index contributed by atoms with van der Waals surface area (Å²) >= 11 is 1.46. The first kappa shape index (κ1) is 11.0. The van der Waals surface area contributed by atoms with E-state index in [1.165, 1.54) is 16.9 Å². The molecule has 1 atom stereocenters. The van der Waals surface area contributed by atoms with Gasteiger partial charge in [0, 0.05) is 0 Å². The molecule has 2 aromatic rings. The third kappa shape index (κ3) is 2.20. The lowest BCUT2D eigenvalue weighted by Crippen LogP contribution is -2.32. The molecule has 0 fully saturated rings. The maximum atomic E-state index is 11.4. The van der Waals surface area contributed by atoms with E-state index in [1.54, 1.807) is 6.92 Å². The number of aryl methyl sites for hydroxylation is 1. The van der Waals surface area contributed by atoms with Gasteiger partial charge in [0.1, 0.15) is 0 Å². The summed E-state index contributed by atoms with van der Waals surface area (Å²) in [7, 11) is 0. The number of thiazole rings is 1. The van der Waals surface area contributed by atoms with Gasteiger partial charge in [0.2, 0.25) is 5.91 Å². The first-order chi connectivity index (χ1) is 7.56. The van der Waals surface area contributed by atoms with Crippen molar-refractivity contribution in [2.24, 2.45) is 5.73 Å². The van der Waals surface area contributed by atoms with Crippen molar-refractivity contribution in [3.63, 3.8) is 0 Å². The van der Waals surface area contributed by atoms with E-state index in [-0.39, 0.29) is 5.91 Å². The fourth-order valence-corrected chi connectivity index (χ4v) is 2.27. The topological polar surface area (TPSA) is 68.0 Å². The average molecular weight is 235 g/mol. The molecule has 0 saturated carbocycles. The van der Waals surface area contributed by atoms with E-state index in [1.807, 2.05) is 19.1 Å². The fourth-order valence-electron chi connectivity index (χ4n) is 1.30. The predicted molar refractivity (Wildman–Crippen MR) is 66.6 cm³/mol. The Labute approximate surface area is 97.5 Å². The lowest BCUT2D eigenvalue weighted by molar-refractivity contribution is -0.117. The molecule has 0 spiro atoms. The van der Waals surface area contributed by atoms with Crippen molar-refractivity contribution < 1.29 is 4.79 Å². The number of benzene rings is 1. The Morgan fingerprint density at radius 3 is 3.00 bits per heavy atom. The molecule has 1 aromatic carbocycles. The van der Waals surface area contributed by atoms with Crippen molar-refractivity contribution in [3.8, 4) is 0 Å². The highest BCUT2D eigenvalue weighted by atomic mass is 32.1. The summed E-state index contributed by atoms with van der Waals surface area (Å²) in [5.41, 5.74) is 7.55. The summed E-state index contributed by atoms with van der Waals surface area (Å²) in [6.45, 7) is 3.67. The Balaban J connectivity index is 2.29. The number of fused-ring (bicyclic) bond motifs is 1. The molecule has 0 aliphatic heterocycles. The van der Waals surface area contributed by atoms with Gasteiger partial charge in [-0.2, -0.15) is 0 Å². The summed E-state index contributed by atoms with van der Waals surface area (Å²) in [6.07, 6.45) is 0. The van der Waals surface area contributed by atoms with Crippen molar-refractivity contribution in [1.82, 2.24) is 4.98 Å². The second-order valence-electron chi connectivity index (χ2n) is 3.77. The molecule has 84 valence electrons. The zero-order valence-electron chi connectivity index (χ0n) is 9.15. The number of nitrogens with zero attached hydrogens (tertiary/aromatic N) is 1. The zero-order chi connectivity index (χ0) is 11.7. The maximum Gasteiger partial charge on any atom is 0.242 e. The number of carbonyl (C=O) groups is 1. The van der Waals surface area contributed by atoms with Crippen molar-refractivity contribution in [1.29, 1.82) is 0 Å². The number of nitrogens with two attached hydrogens (primary N) is 1. The summed E-state index contributed by atoms with van der Waals surface area (Å²) in [5.74, 6) is -0.212. The number of carbonyl (C=O) groups excluding carboxylic acids is 1. The number of nitrogens with one attached hydrogen (secondary N) is 1. The molecular formula is C11H13N3OS. The molecule has 0 bridgehead atoms. The highest BCUT2D eigenvalue weighted by Crippen LogP contribution is 2.26. The van der Waals surface area contributed by atoms with Gasteiger partial charge in [0.25, 0.3) is 0 Å². The van der Waals surface area contributed by atoms with Crippen LogP contribution in [0.1, 0.15) is 12.5 Å². The van der Waals surface area contributed by atoms with Crippen LogP contribution < -0.4 is 11.1 Å². The molecule has 1 heterocycles. The number of hydrogen-bond donors (Lipinski definition) is 2. The van der Waals surface area contributed by atoms with E-state index in [0.717, 1.165) is 10.2 Å². The quantitative estimate of drug-likeness (QED) is 0.835. The van der Waals surface area contributed by atoms with Crippen molar-refractivity contribution >= 4 is 32.6 Å². The van der Waals surface area contributed by atoms with Crippen LogP contribution in [0.3, 0.4) is 0 Å². The Morgan fingerprint density at radius 1 is 1.56 bits per heavy atom. The molecule has 0 saturated heterocycles. The molecule has 5 heteroatoms. The molecule has 2 rings (SSSR count). The first-order valence-electron chi connectivity index (χ1n) is 5.00. The average Bonchev–Trinajstić information content (AvgIpc) is 2.58. The van der Waals surface area contributed by atoms with Gasteiger partial charge in [-0.25, -0.2) is 4.98 Å². The van der Waals surface area contributed by atoms with Gasteiger partial charge in [0.05, 0.1) is 16.3 Å². The van der Waals surface area contributed by atoms with E-state index in [2.05, 4.69) is 16.4 Å². The van der Waals surface area contributed by atoms with Crippen molar-refractivity contribution in [3.05, 3.63) is 23.8 Å². The minimum absolute atomic E-state index is 0.212. The van der Waals surface area contributed by atoms with Crippen LogP contribution in [0.15, 0.2) is 18.2 Å². The van der Waals surface area contributed by atoms with E-state index in [9.17, 15) is 4.79 Å². The lowest BCUT2D eigenvalue weighted by Gasteiger charge is -2.02. The monoisotopic (exact) mass is 235 g/mol. The highest BCUT2D eigenvalue weighted by molar-refractivity contribution is 7.22. The van der Waals surface area contributed by atoms with Crippen molar-refractivity contribution in [2.45, 2.75) is 19.9 Å². The van der Waals surface area contributed by atoms with Gasteiger partial charge in [-0.3, -0.25) is 4.79 Å². The summed E-state index contributed by atoms with van der Waals surface area (Å²) < 4.78 is 1.07. The smallest absolute Gasteiger partial charge is 0.242 e. The lowest BCUT2D eigenvalue weighted by atomic mass is 10.2. The fraction of sp³-hybridized carbons (Fsp3) is 0.273. The minimum atomic E-state index is -0.520. The van der Waals surface area contributed by atoms with Crippen LogP contribution in [0, 0.1) is 6.92 Å². The van der Waals surface area contributed by atoms with Crippen molar-refractivity contribution in [2.75, 3.05) is 5.32 Å². The Kier molecular flexibility index (Phi) is 2.89. The number of rotatable bonds is 2. The molecule has 0 aliphatic carbocycles. The number of hydrogen-bond acceptors (Lipinski definition) is 4. The third-order valence-corrected chi connectivity index (χ3v) is 3.12. The minimum Gasteiger partial charge on any atom is -0.320 e. The zero-order valence-corrected chi connectivity index (χ0v) is 9.97. The molecule has 1 aromatic heterocycles. The highest BCUT2D eigenvalue weighted by Gasteiger charge is 2.10.